The molecule has 2 heterocycles. The zero-order chi connectivity index (χ0) is 19.0. The Bertz CT molecular complexity index is 773. The number of hydrogen-bond acceptors (Lipinski definition) is 5. The molecule has 3 atom stereocenters. The number of carbonyl (C=O) groups excluding carboxylic acids is 2. The number of ether oxygens (including phenoxy) is 2. The molecular weight excluding hydrogens is 362 g/mol. The van der Waals surface area contributed by atoms with Crippen LogP contribution < -0.4 is 0 Å². The van der Waals surface area contributed by atoms with Crippen LogP contribution in [-0.4, -0.2) is 49.2 Å². The highest BCUT2D eigenvalue weighted by Crippen LogP contribution is 2.46. The van der Waals surface area contributed by atoms with Crippen LogP contribution in [0.1, 0.15) is 37.3 Å². The molecule has 0 saturated heterocycles. The fraction of sp³-hybridized carbons (Fsp3) is 0.524. The standard InChI is InChI=1S/C21H25NO4S/c1-25-12-11-22-18(13-7-9-14(27-2)10-8-13)17-19(23)15-5-3-4-6-16(15)26-20(17)21(22)24/h7-10,15-16,18H,3-6,11-12H2,1-2H3. The summed E-state index contributed by atoms with van der Waals surface area (Å²) in [6.45, 7) is 0.857. The van der Waals surface area contributed by atoms with Crippen LogP contribution >= 0.6 is 11.8 Å². The highest BCUT2D eigenvalue weighted by atomic mass is 32.2. The van der Waals surface area contributed by atoms with Gasteiger partial charge in [0.1, 0.15) is 6.10 Å². The Balaban J connectivity index is 1.75. The third kappa shape index (κ3) is 3.19. The highest BCUT2D eigenvalue weighted by Gasteiger charge is 2.51. The van der Waals surface area contributed by atoms with Crippen molar-refractivity contribution < 1.29 is 19.1 Å². The van der Waals surface area contributed by atoms with Gasteiger partial charge < -0.3 is 14.4 Å². The molecular formula is C21H25NO4S. The average molecular weight is 388 g/mol. The fourth-order valence-corrected chi connectivity index (χ4v) is 4.85. The van der Waals surface area contributed by atoms with Gasteiger partial charge in [-0.15, -0.1) is 11.8 Å². The lowest BCUT2D eigenvalue weighted by Crippen LogP contribution is -2.39. The Morgan fingerprint density at radius 3 is 2.63 bits per heavy atom. The van der Waals surface area contributed by atoms with Gasteiger partial charge in [-0.05, 0) is 43.2 Å². The molecule has 1 aliphatic carbocycles. The predicted molar refractivity (Wildman–Crippen MR) is 103 cm³/mol. The first kappa shape index (κ1) is 18.6. The van der Waals surface area contributed by atoms with Crippen molar-refractivity contribution in [1.82, 2.24) is 4.90 Å². The molecule has 1 fully saturated rings. The fourth-order valence-electron chi connectivity index (χ4n) is 4.45. The van der Waals surface area contributed by atoms with Crippen molar-refractivity contribution in [1.29, 1.82) is 0 Å². The molecule has 144 valence electrons. The number of benzene rings is 1. The number of carbonyl (C=O) groups is 2. The van der Waals surface area contributed by atoms with Crippen LogP contribution in [0, 0.1) is 5.92 Å². The van der Waals surface area contributed by atoms with Crippen molar-refractivity contribution in [2.24, 2.45) is 5.92 Å². The summed E-state index contributed by atoms with van der Waals surface area (Å²) < 4.78 is 11.3. The number of amides is 1. The number of fused-ring (bicyclic) bond motifs is 1. The number of nitrogens with zero attached hydrogens (tertiary/aromatic N) is 1. The molecule has 4 rings (SSSR count). The lowest BCUT2D eigenvalue weighted by atomic mass is 9.77. The van der Waals surface area contributed by atoms with Crippen molar-refractivity contribution in [3.8, 4) is 0 Å². The first-order chi connectivity index (χ1) is 13.2. The van der Waals surface area contributed by atoms with E-state index in [1.807, 2.05) is 30.5 Å². The summed E-state index contributed by atoms with van der Waals surface area (Å²) in [6, 6.07) is 7.72. The molecule has 0 N–H and O–H groups in total. The van der Waals surface area contributed by atoms with E-state index in [0.717, 1.165) is 36.1 Å². The largest absolute Gasteiger partial charge is 0.483 e. The van der Waals surface area contributed by atoms with Gasteiger partial charge in [-0.25, -0.2) is 0 Å². The zero-order valence-corrected chi connectivity index (χ0v) is 16.6. The van der Waals surface area contributed by atoms with Crippen molar-refractivity contribution in [3.05, 3.63) is 41.2 Å². The molecule has 3 aliphatic rings. The van der Waals surface area contributed by atoms with Crippen molar-refractivity contribution in [2.75, 3.05) is 26.5 Å². The predicted octanol–water partition coefficient (Wildman–Crippen LogP) is 3.35. The van der Waals surface area contributed by atoms with E-state index in [0.29, 0.717) is 18.7 Å². The highest BCUT2D eigenvalue weighted by molar-refractivity contribution is 7.98. The maximum absolute atomic E-state index is 13.4. The third-order valence-electron chi connectivity index (χ3n) is 5.83. The lowest BCUT2D eigenvalue weighted by Gasteiger charge is -2.35. The summed E-state index contributed by atoms with van der Waals surface area (Å²) in [5.41, 5.74) is 1.50. The summed E-state index contributed by atoms with van der Waals surface area (Å²) in [5.74, 6) is 0.0883. The molecule has 0 aromatic heterocycles. The summed E-state index contributed by atoms with van der Waals surface area (Å²) in [7, 11) is 1.62. The SMILES string of the molecule is COCCN1C(=O)C2=C(C(=O)C3CCCCC3O2)C1c1ccc(SC)cc1. The summed E-state index contributed by atoms with van der Waals surface area (Å²) in [6.07, 6.45) is 5.69. The molecule has 0 bridgehead atoms. The topological polar surface area (TPSA) is 55.8 Å². The average Bonchev–Trinajstić information content (AvgIpc) is 2.99. The summed E-state index contributed by atoms with van der Waals surface area (Å²) in [5, 5.41) is 0. The van der Waals surface area contributed by atoms with E-state index in [-0.39, 0.29) is 35.5 Å². The molecule has 1 amide bonds. The minimum atomic E-state index is -0.381. The first-order valence-electron chi connectivity index (χ1n) is 9.54. The van der Waals surface area contributed by atoms with Crippen molar-refractivity contribution in [3.63, 3.8) is 0 Å². The van der Waals surface area contributed by atoms with Gasteiger partial charge in [-0.1, -0.05) is 18.6 Å². The summed E-state index contributed by atoms with van der Waals surface area (Å²) in [4.78, 5) is 29.4. The van der Waals surface area contributed by atoms with Gasteiger partial charge in [-0.2, -0.15) is 0 Å². The molecule has 0 spiro atoms. The molecule has 27 heavy (non-hydrogen) atoms. The Labute approximate surface area is 164 Å². The Kier molecular flexibility index (Phi) is 5.28. The molecule has 2 aliphatic heterocycles. The van der Waals surface area contributed by atoms with Gasteiger partial charge in [0.05, 0.1) is 24.1 Å². The van der Waals surface area contributed by atoms with Gasteiger partial charge in [0, 0.05) is 18.6 Å². The normalized spacial score (nSPS) is 27.5. The number of ketones is 1. The Morgan fingerprint density at radius 2 is 1.93 bits per heavy atom. The monoisotopic (exact) mass is 387 g/mol. The molecule has 5 nitrogen and oxygen atoms in total. The van der Waals surface area contributed by atoms with E-state index in [4.69, 9.17) is 9.47 Å². The zero-order valence-electron chi connectivity index (χ0n) is 15.8. The lowest BCUT2D eigenvalue weighted by molar-refractivity contribution is -0.135. The molecule has 1 aromatic carbocycles. The maximum atomic E-state index is 13.4. The number of Topliss-reactive ketones (excluding diaryl/α,β-unsaturated/α-hetero) is 1. The second kappa shape index (κ2) is 7.68. The Morgan fingerprint density at radius 1 is 1.19 bits per heavy atom. The second-order valence-corrected chi connectivity index (χ2v) is 8.20. The number of hydrogen-bond donors (Lipinski definition) is 0. The van der Waals surface area contributed by atoms with Gasteiger partial charge >= 0.3 is 0 Å². The van der Waals surface area contributed by atoms with E-state index in [9.17, 15) is 9.59 Å². The maximum Gasteiger partial charge on any atom is 0.290 e. The number of methoxy groups -OCH3 is 1. The van der Waals surface area contributed by atoms with E-state index < -0.39 is 0 Å². The van der Waals surface area contributed by atoms with Crippen LogP contribution in [-0.2, 0) is 19.1 Å². The van der Waals surface area contributed by atoms with Crippen LogP contribution in [0.25, 0.3) is 0 Å². The van der Waals surface area contributed by atoms with Crippen LogP contribution in [0.3, 0.4) is 0 Å². The third-order valence-corrected chi connectivity index (χ3v) is 6.57. The quantitative estimate of drug-likeness (QED) is 0.725. The molecule has 3 unspecified atom stereocenters. The van der Waals surface area contributed by atoms with E-state index in [2.05, 4.69) is 0 Å². The van der Waals surface area contributed by atoms with Crippen LogP contribution in [0.2, 0.25) is 0 Å². The van der Waals surface area contributed by atoms with E-state index in [1.165, 1.54) is 0 Å². The van der Waals surface area contributed by atoms with Crippen LogP contribution in [0.5, 0.6) is 0 Å². The van der Waals surface area contributed by atoms with Gasteiger partial charge in [-0.3, -0.25) is 9.59 Å². The van der Waals surface area contributed by atoms with Crippen LogP contribution in [0.15, 0.2) is 40.5 Å². The minimum absolute atomic E-state index is 0.105. The van der Waals surface area contributed by atoms with Gasteiger partial charge in [0.15, 0.2) is 11.5 Å². The van der Waals surface area contributed by atoms with Crippen LogP contribution in [0.4, 0.5) is 0 Å². The van der Waals surface area contributed by atoms with Gasteiger partial charge in [0.25, 0.3) is 5.91 Å². The van der Waals surface area contributed by atoms with Crippen molar-refractivity contribution >= 4 is 23.5 Å². The second-order valence-electron chi connectivity index (χ2n) is 7.32. The number of thioether (sulfide) groups is 1. The minimum Gasteiger partial charge on any atom is -0.483 e. The van der Waals surface area contributed by atoms with Gasteiger partial charge in [0.2, 0.25) is 0 Å². The summed E-state index contributed by atoms with van der Waals surface area (Å²) >= 11 is 1.67. The molecule has 0 radical (unpaired) electrons. The molecule has 1 saturated carbocycles. The van der Waals surface area contributed by atoms with Crippen molar-refractivity contribution in [2.45, 2.75) is 42.7 Å². The van der Waals surface area contributed by atoms with E-state index >= 15 is 0 Å². The molecule has 1 aromatic rings. The molecule has 6 heteroatoms. The first-order valence-corrected chi connectivity index (χ1v) is 10.8. The Hall–Kier alpha value is -1.79. The van der Waals surface area contributed by atoms with E-state index in [1.54, 1.807) is 23.8 Å². The number of rotatable bonds is 5. The smallest absolute Gasteiger partial charge is 0.290 e.